The minimum Gasteiger partial charge on any atom is -0.484 e. The number of likely N-dealkylation sites (tertiary alicyclic amines) is 1. The summed E-state index contributed by atoms with van der Waals surface area (Å²) in [6.45, 7) is 7.02. The molecular formula is C26H29N5O4. The number of carbonyl (C=O) groups is 1. The van der Waals surface area contributed by atoms with E-state index in [1.54, 1.807) is 0 Å². The highest BCUT2D eigenvalue weighted by atomic mass is 16.5. The molecule has 0 N–H and O–H groups in total. The molecule has 4 fully saturated rings. The number of rotatable bonds is 5. The van der Waals surface area contributed by atoms with Crippen molar-refractivity contribution in [1.82, 2.24) is 24.9 Å². The summed E-state index contributed by atoms with van der Waals surface area (Å²) in [5.41, 5.74) is 3.41. The largest absolute Gasteiger partial charge is 0.484 e. The molecule has 1 saturated carbocycles. The molecule has 2 atom stereocenters. The molecule has 0 spiro atoms. The van der Waals surface area contributed by atoms with Crippen LogP contribution in [-0.2, 0) is 32.8 Å². The van der Waals surface area contributed by atoms with Gasteiger partial charge >= 0.3 is 0 Å². The van der Waals surface area contributed by atoms with Crippen LogP contribution in [0, 0.1) is 0 Å². The van der Waals surface area contributed by atoms with Crippen molar-refractivity contribution in [3.63, 3.8) is 0 Å². The van der Waals surface area contributed by atoms with E-state index in [9.17, 15) is 4.79 Å². The second kappa shape index (κ2) is 7.48. The van der Waals surface area contributed by atoms with E-state index in [1.165, 1.54) is 5.56 Å². The normalized spacial score (nSPS) is 29.9. The number of benzene rings is 1. The van der Waals surface area contributed by atoms with Crippen LogP contribution in [0.5, 0.6) is 5.75 Å². The SMILES string of the molecule is C[C@@H](Oc1ccc2ncc3c(c2c1)CCOC3)c1cn(C23CC(C)(C2)OC3C(=O)N2CCC2)nn1. The summed E-state index contributed by atoms with van der Waals surface area (Å²) >= 11 is 0. The van der Waals surface area contributed by atoms with Crippen molar-refractivity contribution in [2.24, 2.45) is 0 Å². The van der Waals surface area contributed by atoms with Gasteiger partial charge in [0.05, 0.1) is 30.5 Å². The van der Waals surface area contributed by atoms with Gasteiger partial charge in [0.2, 0.25) is 0 Å². The Morgan fingerprint density at radius 3 is 2.94 bits per heavy atom. The maximum absolute atomic E-state index is 13.1. The number of hydrogen-bond donors (Lipinski definition) is 0. The summed E-state index contributed by atoms with van der Waals surface area (Å²) in [7, 11) is 0. The number of amides is 1. The van der Waals surface area contributed by atoms with Crippen LogP contribution in [0.2, 0.25) is 0 Å². The fraction of sp³-hybridized carbons (Fsp3) is 0.538. The Morgan fingerprint density at radius 1 is 1.29 bits per heavy atom. The Labute approximate surface area is 203 Å². The summed E-state index contributed by atoms with van der Waals surface area (Å²) < 4.78 is 20.0. The molecule has 1 aromatic carbocycles. The fourth-order valence-corrected chi connectivity index (χ4v) is 6.23. The van der Waals surface area contributed by atoms with Crippen molar-refractivity contribution in [2.75, 3.05) is 19.7 Å². The standard InChI is InChI=1S/C26H29N5O4/c1-16(34-18-4-5-21-20(10-18)19-6-9-33-13-17(19)11-27-21)22-12-31(29-28-22)26-14-25(2,15-26)35-23(26)24(32)30-7-3-8-30/h4-5,10-12,16,23H,3,6-9,13-15H2,1-2H3/t16-,23?,25?,26?/m1/s1. The number of carbonyl (C=O) groups excluding carboxylic acids is 1. The zero-order valence-electron chi connectivity index (χ0n) is 20.1. The summed E-state index contributed by atoms with van der Waals surface area (Å²) in [6.07, 6.45) is 6.53. The molecule has 8 rings (SSSR count). The van der Waals surface area contributed by atoms with Crippen LogP contribution in [0.4, 0.5) is 0 Å². The lowest BCUT2D eigenvalue weighted by atomic mass is 9.66. The van der Waals surface area contributed by atoms with E-state index >= 15 is 0 Å². The van der Waals surface area contributed by atoms with Crippen molar-refractivity contribution < 1.29 is 19.0 Å². The van der Waals surface area contributed by atoms with E-state index in [1.807, 2.05) is 41.0 Å². The highest BCUT2D eigenvalue weighted by molar-refractivity contribution is 5.85. The molecule has 3 saturated heterocycles. The summed E-state index contributed by atoms with van der Waals surface area (Å²) in [5.74, 6) is 0.850. The Kier molecular flexibility index (Phi) is 4.54. The smallest absolute Gasteiger partial charge is 0.254 e. The van der Waals surface area contributed by atoms with Gasteiger partial charge in [0, 0.05) is 37.5 Å². The Hall–Kier alpha value is -3.04. The zero-order chi connectivity index (χ0) is 23.8. The third-order valence-corrected chi connectivity index (χ3v) is 8.13. The van der Waals surface area contributed by atoms with Gasteiger partial charge in [0.1, 0.15) is 23.1 Å². The third-order valence-electron chi connectivity index (χ3n) is 8.13. The molecule has 2 bridgehead atoms. The predicted molar refractivity (Wildman–Crippen MR) is 126 cm³/mol. The van der Waals surface area contributed by atoms with Gasteiger partial charge in [-0.25, -0.2) is 4.68 Å². The minimum absolute atomic E-state index is 0.0809. The van der Waals surface area contributed by atoms with Gasteiger partial charge in [-0.1, -0.05) is 5.21 Å². The van der Waals surface area contributed by atoms with E-state index in [0.29, 0.717) is 6.61 Å². The Balaban J connectivity index is 1.13. The first-order valence-corrected chi connectivity index (χ1v) is 12.5. The van der Waals surface area contributed by atoms with Crippen molar-refractivity contribution in [2.45, 2.75) is 69.5 Å². The molecule has 2 aromatic heterocycles. The van der Waals surface area contributed by atoms with Gasteiger partial charge in [0.25, 0.3) is 5.91 Å². The first-order chi connectivity index (χ1) is 16.9. The number of pyridine rings is 1. The molecule has 6 heterocycles. The van der Waals surface area contributed by atoms with Crippen molar-refractivity contribution in [3.8, 4) is 5.75 Å². The lowest BCUT2D eigenvalue weighted by Crippen LogP contribution is -2.57. The van der Waals surface area contributed by atoms with E-state index < -0.39 is 11.6 Å². The molecule has 1 aliphatic carbocycles. The number of hydrogen-bond acceptors (Lipinski definition) is 7. The average Bonchev–Trinajstić information content (AvgIpc) is 3.49. The monoisotopic (exact) mass is 475 g/mol. The molecule has 0 radical (unpaired) electrons. The minimum atomic E-state index is -0.498. The second-order valence-electron chi connectivity index (χ2n) is 10.7. The van der Waals surface area contributed by atoms with Crippen LogP contribution in [0.25, 0.3) is 10.9 Å². The Morgan fingerprint density at radius 2 is 2.14 bits per heavy atom. The molecule has 35 heavy (non-hydrogen) atoms. The first-order valence-electron chi connectivity index (χ1n) is 12.5. The van der Waals surface area contributed by atoms with Crippen LogP contribution in [-0.4, -0.2) is 62.2 Å². The fourth-order valence-electron chi connectivity index (χ4n) is 6.23. The van der Waals surface area contributed by atoms with E-state index in [0.717, 1.165) is 73.3 Å². The number of ether oxygens (including phenoxy) is 3. The molecule has 9 nitrogen and oxygen atoms in total. The highest BCUT2D eigenvalue weighted by Gasteiger charge is 2.70. The zero-order valence-corrected chi connectivity index (χ0v) is 20.1. The van der Waals surface area contributed by atoms with Crippen LogP contribution >= 0.6 is 0 Å². The van der Waals surface area contributed by atoms with Crippen LogP contribution < -0.4 is 4.74 Å². The molecule has 5 aliphatic rings. The molecule has 4 aliphatic heterocycles. The van der Waals surface area contributed by atoms with E-state index in [4.69, 9.17) is 14.2 Å². The molecule has 9 heteroatoms. The highest BCUT2D eigenvalue weighted by Crippen LogP contribution is 2.60. The second-order valence-corrected chi connectivity index (χ2v) is 10.7. The maximum atomic E-state index is 13.1. The van der Waals surface area contributed by atoms with Gasteiger partial charge in [-0.15, -0.1) is 5.10 Å². The van der Waals surface area contributed by atoms with Crippen molar-refractivity contribution in [3.05, 3.63) is 47.4 Å². The average molecular weight is 476 g/mol. The first kappa shape index (κ1) is 21.3. The van der Waals surface area contributed by atoms with Crippen molar-refractivity contribution >= 4 is 16.8 Å². The van der Waals surface area contributed by atoms with Crippen molar-refractivity contribution in [1.29, 1.82) is 0 Å². The van der Waals surface area contributed by atoms with Gasteiger partial charge < -0.3 is 19.1 Å². The summed E-state index contributed by atoms with van der Waals surface area (Å²) in [6, 6.07) is 6.01. The Bertz CT molecular complexity index is 1330. The number of fused-ring (bicyclic) bond motifs is 4. The van der Waals surface area contributed by atoms with E-state index in [-0.39, 0.29) is 17.6 Å². The lowest BCUT2D eigenvalue weighted by molar-refractivity contribution is -0.147. The molecule has 1 unspecified atom stereocenters. The van der Waals surface area contributed by atoms with Crippen LogP contribution in [0.1, 0.15) is 56.0 Å². The van der Waals surface area contributed by atoms with E-state index in [2.05, 4.69) is 28.3 Å². The van der Waals surface area contributed by atoms with Crippen LogP contribution in [0.3, 0.4) is 0 Å². The summed E-state index contributed by atoms with van der Waals surface area (Å²) in [4.78, 5) is 19.5. The lowest BCUT2D eigenvalue weighted by Gasteiger charge is -2.43. The number of nitrogens with zero attached hydrogens (tertiary/aromatic N) is 5. The third kappa shape index (κ3) is 3.21. The summed E-state index contributed by atoms with van der Waals surface area (Å²) in [5, 5.41) is 10.0. The molecule has 3 aromatic rings. The van der Waals surface area contributed by atoms with Gasteiger partial charge in [0.15, 0.2) is 6.10 Å². The topological polar surface area (TPSA) is 91.6 Å². The maximum Gasteiger partial charge on any atom is 0.254 e. The molecular weight excluding hydrogens is 446 g/mol. The number of aromatic nitrogens is 4. The quantitative estimate of drug-likeness (QED) is 0.560. The molecule has 182 valence electrons. The van der Waals surface area contributed by atoms with Gasteiger partial charge in [-0.05, 0) is 56.0 Å². The predicted octanol–water partition coefficient (Wildman–Crippen LogP) is 2.92. The van der Waals surface area contributed by atoms with Gasteiger partial charge in [-0.3, -0.25) is 9.78 Å². The van der Waals surface area contributed by atoms with Gasteiger partial charge in [-0.2, -0.15) is 0 Å². The molecule has 1 amide bonds. The van der Waals surface area contributed by atoms with Crippen LogP contribution in [0.15, 0.2) is 30.6 Å².